The van der Waals surface area contributed by atoms with Crippen molar-refractivity contribution in [2.24, 2.45) is 13.0 Å². The van der Waals surface area contributed by atoms with Gasteiger partial charge in [-0.3, -0.25) is 9.48 Å². The van der Waals surface area contributed by atoms with E-state index in [1.165, 1.54) is 0 Å². The molecule has 1 aromatic heterocycles. The minimum absolute atomic E-state index is 0.00586. The molecule has 1 saturated carbocycles. The maximum absolute atomic E-state index is 13.7. The Morgan fingerprint density at radius 2 is 2.00 bits per heavy atom. The SMILES string of the molecule is Cn1ncc(Cl)c1CC1c2cc(C3CN(C(=O)OC(C)(C)C)C3)ccc2C(=O)N1CC1CC2(CNC(=O)O2)C1. The number of likely N-dealkylation sites (tertiary alicyclic amines) is 1. The number of amides is 3. The number of carbonyl (C=O) groups is 3. The van der Waals surface area contributed by atoms with Crippen molar-refractivity contribution in [1.29, 1.82) is 0 Å². The first-order valence-corrected chi connectivity index (χ1v) is 13.9. The molecule has 4 heterocycles. The average Bonchev–Trinajstić information content (AvgIpc) is 3.42. The van der Waals surface area contributed by atoms with Gasteiger partial charge in [-0.05, 0) is 56.7 Å². The molecule has 4 aliphatic rings. The summed E-state index contributed by atoms with van der Waals surface area (Å²) in [6.07, 6.45) is 2.98. The summed E-state index contributed by atoms with van der Waals surface area (Å²) in [6.45, 7) is 7.86. The summed E-state index contributed by atoms with van der Waals surface area (Å²) in [7, 11) is 1.86. The van der Waals surface area contributed by atoms with Gasteiger partial charge < -0.3 is 24.6 Å². The average molecular weight is 556 g/mol. The second kappa shape index (κ2) is 9.15. The first kappa shape index (κ1) is 26.0. The summed E-state index contributed by atoms with van der Waals surface area (Å²) in [5.74, 6) is 0.434. The van der Waals surface area contributed by atoms with E-state index in [0.29, 0.717) is 43.2 Å². The Morgan fingerprint density at radius 1 is 1.26 bits per heavy atom. The van der Waals surface area contributed by atoms with Crippen LogP contribution in [0.2, 0.25) is 5.02 Å². The molecule has 0 radical (unpaired) electrons. The summed E-state index contributed by atoms with van der Waals surface area (Å²) >= 11 is 6.49. The highest BCUT2D eigenvalue weighted by Gasteiger charge is 2.53. The highest BCUT2D eigenvalue weighted by molar-refractivity contribution is 6.31. The molecule has 2 saturated heterocycles. The van der Waals surface area contributed by atoms with E-state index in [9.17, 15) is 14.4 Å². The molecule has 1 unspecified atom stereocenters. The van der Waals surface area contributed by atoms with Gasteiger partial charge >= 0.3 is 12.2 Å². The summed E-state index contributed by atoms with van der Waals surface area (Å²) in [6, 6.07) is 5.87. The van der Waals surface area contributed by atoms with Crippen LogP contribution in [0, 0.1) is 5.92 Å². The number of carbonyl (C=O) groups excluding carboxylic acids is 3. The van der Waals surface area contributed by atoms with Crippen LogP contribution in [0.25, 0.3) is 0 Å². The molecule has 208 valence electrons. The fraction of sp³-hybridized carbons (Fsp3) is 0.571. The van der Waals surface area contributed by atoms with E-state index < -0.39 is 11.2 Å². The maximum atomic E-state index is 13.7. The Morgan fingerprint density at radius 3 is 2.62 bits per heavy atom. The summed E-state index contributed by atoms with van der Waals surface area (Å²) < 4.78 is 12.8. The first-order valence-electron chi connectivity index (χ1n) is 13.5. The molecule has 1 N–H and O–H groups in total. The maximum Gasteiger partial charge on any atom is 0.410 e. The predicted molar refractivity (Wildman–Crippen MR) is 143 cm³/mol. The van der Waals surface area contributed by atoms with E-state index in [4.69, 9.17) is 21.1 Å². The van der Waals surface area contributed by atoms with Gasteiger partial charge in [0.1, 0.15) is 11.2 Å². The van der Waals surface area contributed by atoms with Crippen molar-refractivity contribution in [1.82, 2.24) is 24.9 Å². The number of nitrogens with one attached hydrogen (secondary N) is 1. The lowest BCUT2D eigenvalue weighted by Gasteiger charge is -2.44. The Labute approximate surface area is 232 Å². The monoisotopic (exact) mass is 555 g/mol. The Kier molecular flexibility index (Phi) is 6.09. The van der Waals surface area contributed by atoms with Crippen molar-refractivity contribution in [2.75, 3.05) is 26.2 Å². The number of halogens is 1. The number of fused-ring (bicyclic) bond motifs is 1. The van der Waals surface area contributed by atoms with Crippen molar-refractivity contribution >= 4 is 29.7 Å². The Bertz CT molecular complexity index is 1320. The van der Waals surface area contributed by atoms with Gasteiger partial charge in [0.25, 0.3) is 5.91 Å². The zero-order valence-electron chi connectivity index (χ0n) is 22.7. The number of alkyl carbamates (subject to hydrolysis) is 1. The lowest BCUT2D eigenvalue weighted by Crippen LogP contribution is -2.51. The molecule has 1 atom stereocenters. The smallest absolute Gasteiger partial charge is 0.410 e. The molecule has 3 aliphatic heterocycles. The van der Waals surface area contributed by atoms with Gasteiger partial charge in [-0.25, -0.2) is 9.59 Å². The van der Waals surface area contributed by atoms with Crippen molar-refractivity contribution in [3.63, 3.8) is 0 Å². The molecule has 39 heavy (non-hydrogen) atoms. The largest absolute Gasteiger partial charge is 0.444 e. The van der Waals surface area contributed by atoms with Crippen molar-refractivity contribution in [3.05, 3.63) is 51.8 Å². The van der Waals surface area contributed by atoms with Crippen LogP contribution in [0.5, 0.6) is 0 Å². The molecular weight excluding hydrogens is 522 g/mol. The van der Waals surface area contributed by atoms with E-state index in [2.05, 4.69) is 16.5 Å². The lowest BCUT2D eigenvalue weighted by atomic mass is 9.70. The fourth-order valence-corrected chi connectivity index (χ4v) is 6.59. The second-order valence-corrected chi connectivity index (χ2v) is 12.8. The normalized spacial score (nSPS) is 26.3. The molecular formula is C28H34ClN5O5. The van der Waals surface area contributed by atoms with Gasteiger partial charge in [-0.1, -0.05) is 23.7 Å². The zero-order valence-corrected chi connectivity index (χ0v) is 23.5. The lowest BCUT2D eigenvalue weighted by molar-refractivity contribution is -0.0555. The van der Waals surface area contributed by atoms with Crippen LogP contribution in [0.1, 0.15) is 72.8 Å². The quantitative estimate of drug-likeness (QED) is 0.597. The van der Waals surface area contributed by atoms with Crippen LogP contribution in [-0.2, 0) is 22.9 Å². The van der Waals surface area contributed by atoms with Crippen molar-refractivity contribution in [2.45, 2.75) is 63.2 Å². The van der Waals surface area contributed by atoms with Gasteiger partial charge in [0.15, 0.2) is 0 Å². The fourth-order valence-electron chi connectivity index (χ4n) is 6.34. The topological polar surface area (TPSA) is 106 Å². The molecule has 0 bridgehead atoms. The third-order valence-electron chi connectivity index (χ3n) is 8.34. The van der Waals surface area contributed by atoms with Gasteiger partial charge in [0.2, 0.25) is 0 Å². The number of hydrogen-bond donors (Lipinski definition) is 1. The molecule has 3 fully saturated rings. The van der Waals surface area contributed by atoms with E-state index in [1.807, 2.05) is 44.9 Å². The Hall–Kier alpha value is -3.27. The van der Waals surface area contributed by atoms with Crippen molar-refractivity contribution in [3.8, 4) is 0 Å². The van der Waals surface area contributed by atoms with Crippen LogP contribution >= 0.6 is 11.6 Å². The van der Waals surface area contributed by atoms with E-state index >= 15 is 0 Å². The molecule has 1 aliphatic carbocycles. The van der Waals surface area contributed by atoms with E-state index in [-0.39, 0.29) is 36.0 Å². The molecule has 1 spiro atoms. The van der Waals surface area contributed by atoms with E-state index in [1.54, 1.807) is 15.8 Å². The number of ether oxygens (including phenoxy) is 2. The standard InChI is InChI=1S/C28H34ClN5O5/c1-27(2,3)39-26(37)33-13-18(14-33)17-5-6-19-20(7-17)22(8-23-21(29)11-31-32(23)4)34(24(19)35)12-16-9-28(10-16)15-30-25(36)38-28/h5-7,11,16,18,22H,8-10,12-15H2,1-4H3,(H,30,36). The molecule has 6 rings (SSSR count). The number of nitrogens with zero attached hydrogens (tertiary/aromatic N) is 4. The molecule has 2 aromatic rings. The molecule has 1 aromatic carbocycles. The number of hydrogen-bond acceptors (Lipinski definition) is 6. The number of aryl methyl sites for hydroxylation is 1. The minimum Gasteiger partial charge on any atom is -0.444 e. The molecule has 3 amide bonds. The van der Waals surface area contributed by atoms with Gasteiger partial charge in [0.05, 0.1) is 29.5 Å². The van der Waals surface area contributed by atoms with Crippen LogP contribution in [0.4, 0.5) is 9.59 Å². The second-order valence-electron chi connectivity index (χ2n) is 12.4. The third kappa shape index (κ3) is 4.73. The molecule has 11 heteroatoms. The van der Waals surface area contributed by atoms with Gasteiger partial charge in [0, 0.05) is 44.6 Å². The first-order chi connectivity index (χ1) is 18.4. The van der Waals surface area contributed by atoms with Crippen LogP contribution in [0.15, 0.2) is 24.4 Å². The molecule has 10 nitrogen and oxygen atoms in total. The number of rotatable bonds is 5. The van der Waals surface area contributed by atoms with Crippen LogP contribution in [0.3, 0.4) is 0 Å². The van der Waals surface area contributed by atoms with Crippen molar-refractivity contribution < 1.29 is 23.9 Å². The van der Waals surface area contributed by atoms with Crippen LogP contribution in [-0.4, -0.2) is 75.1 Å². The highest BCUT2D eigenvalue weighted by Crippen LogP contribution is 2.46. The number of aromatic nitrogens is 2. The Balaban J connectivity index is 1.22. The van der Waals surface area contributed by atoms with E-state index in [0.717, 1.165) is 29.7 Å². The van der Waals surface area contributed by atoms with Crippen LogP contribution < -0.4 is 5.32 Å². The summed E-state index contributed by atoms with van der Waals surface area (Å²) in [5.41, 5.74) is 2.69. The van der Waals surface area contributed by atoms with Gasteiger partial charge in [-0.2, -0.15) is 5.10 Å². The summed E-state index contributed by atoms with van der Waals surface area (Å²) in [5, 5.41) is 7.62. The minimum atomic E-state index is -0.532. The third-order valence-corrected chi connectivity index (χ3v) is 8.66. The zero-order chi connectivity index (χ0) is 27.7. The predicted octanol–water partition coefficient (Wildman–Crippen LogP) is 4.04. The highest BCUT2D eigenvalue weighted by atomic mass is 35.5. The summed E-state index contributed by atoms with van der Waals surface area (Å²) in [4.78, 5) is 41.4. The number of benzene rings is 1. The van der Waals surface area contributed by atoms with Gasteiger partial charge in [-0.15, -0.1) is 0 Å².